The van der Waals surface area contributed by atoms with Crippen LogP contribution in [0.1, 0.15) is 17.5 Å². The van der Waals surface area contributed by atoms with Gasteiger partial charge >= 0.3 is 0 Å². The highest BCUT2D eigenvalue weighted by Gasteiger charge is 2.21. The number of aromatic nitrogens is 3. The molecule has 172 valence electrons. The van der Waals surface area contributed by atoms with Crippen LogP contribution in [-0.2, 0) is 17.8 Å². The molecule has 7 nitrogen and oxygen atoms in total. The highest BCUT2D eigenvalue weighted by molar-refractivity contribution is 7.22. The second kappa shape index (κ2) is 10.2. The minimum absolute atomic E-state index is 0.0318. The normalized spacial score (nSPS) is 11.0. The van der Waals surface area contributed by atoms with E-state index in [4.69, 9.17) is 26.1 Å². The van der Waals surface area contributed by atoms with Crippen molar-refractivity contribution in [2.75, 3.05) is 25.7 Å². The Morgan fingerprint density at radius 2 is 2.00 bits per heavy atom. The molecule has 0 atom stereocenters. The Labute approximate surface area is 201 Å². The molecular weight excluding hydrogens is 460 g/mol. The summed E-state index contributed by atoms with van der Waals surface area (Å²) in [6.45, 7) is 3.25. The van der Waals surface area contributed by atoms with Crippen LogP contribution in [0.15, 0.2) is 49.1 Å². The van der Waals surface area contributed by atoms with Crippen molar-refractivity contribution in [3.05, 3.63) is 65.2 Å². The maximum atomic E-state index is 13.5. The quantitative estimate of drug-likeness (QED) is 0.329. The minimum atomic E-state index is -0.0318. The molecule has 9 heteroatoms. The summed E-state index contributed by atoms with van der Waals surface area (Å²) in [6, 6.07) is 9.35. The summed E-state index contributed by atoms with van der Waals surface area (Å²) >= 11 is 7.79. The first-order valence-corrected chi connectivity index (χ1v) is 11.7. The number of imidazole rings is 1. The molecule has 0 aliphatic heterocycles. The lowest BCUT2D eigenvalue weighted by Crippen LogP contribution is -2.33. The van der Waals surface area contributed by atoms with E-state index >= 15 is 0 Å². The van der Waals surface area contributed by atoms with Gasteiger partial charge in [0.05, 0.1) is 37.2 Å². The molecule has 2 heterocycles. The number of anilines is 1. The summed E-state index contributed by atoms with van der Waals surface area (Å²) in [6.07, 6.45) is 6.43. The molecule has 0 aliphatic carbocycles. The van der Waals surface area contributed by atoms with Gasteiger partial charge in [0.15, 0.2) is 16.6 Å². The Hall–Kier alpha value is -3.10. The van der Waals surface area contributed by atoms with E-state index in [0.29, 0.717) is 28.2 Å². The Morgan fingerprint density at radius 1 is 1.18 bits per heavy atom. The number of hydrogen-bond acceptors (Lipinski definition) is 6. The maximum Gasteiger partial charge on any atom is 0.233 e. The van der Waals surface area contributed by atoms with Crippen LogP contribution in [0.4, 0.5) is 5.13 Å². The number of halogens is 1. The van der Waals surface area contributed by atoms with Gasteiger partial charge in [-0.05, 0) is 48.7 Å². The van der Waals surface area contributed by atoms with Crippen molar-refractivity contribution >= 4 is 44.2 Å². The van der Waals surface area contributed by atoms with Crippen LogP contribution in [0.3, 0.4) is 0 Å². The van der Waals surface area contributed by atoms with Gasteiger partial charge in [0.25, 0.3) is 0 Å². The van der Waals surface area contributed by atoms with Crippen LogP contribution in [0.25, 0.3) is 10.2 Å². The van der Waals surface area contributed by atoms with Crippen LogP contribution in [-0.4, -0.2) is 41.2 Å². The molecule has 0 fully saturated rings. The van der Waals surface area contributed by atoms with Crippen molar-refractivity contribution in [1.82, 2.24) is 14.5 Å². The predicted molar refractivity (Wildman–Crippen MR) is 132 cm³/mol. The van der Waals surface area contributed by atoms with Crippen molar-refractivity contribution in [3.8, 4) is 11.5 Å². The second-order valence-electron chi connectivity index (χ2n) is 7.58. The average Bonchev–Trinajstić information content (AvgIpc) is 3.49. The number of thiazole rings is 1. The molecule has 0 bridgehead atoms. The molecule has 0 N–H and O–H groups in total. The highest BCUT2D eigenvalue weighted by atomic mass is 35.5. The van der Waals surface area contributed by atoms with Gasteiger partial charge in [-0.2, -0.15) is 0 Å². The van der Waals surface area contributed by atoms with Crippen LogP contribution in [0, 0.1) is 6.92 Å². The van der Waals surface area contributed by atoms with E-state index in [1.54, 1.807) is 31.6 Å². The van der Waals surface area contributed by atoms with E-state index in [1.807, 2.05) is 48.0 Å². The monoisotopic (exact) mass is 484 g/mol. The van der Waals surface area contributed by atoms with Gasteiger partial charge in [-0.15, -0.1) is 0 Å². The summed E-state index contributed by atoms with van der Waals surface area (Å²) in [5.41, 5.74) is 2.60. The largest absolute Gasteiger partial charge is 0.493 e. The first-order valence-electron chi connectivity index (χ1n) is 10.5. The number of nitrogens with zero attached hydrogens (tertiary/aromatic N) is 4. The molecule has 0 aliphatic rings. The number of hydrogen-bond donors (Lipinski definition) is 0. The molecule has 0 saturated heterocycles. The minimum Gasteiger partial charge on any atom is -0.493 e. The molecule has 0 radical (unpaired) electrons. The number of benzene rings is 2. The molecule has 4 aromatic rings. The Kier molecular flexibility index (Phi) is 7.15. The Morgan fingerprint density at radius 3 is 2.73 bits per heavy atom. The van der Waals surface area contributed by atoms with E-state index in [-0.39, 0.29) is 12.3 Å². The van der Waals surface area contributed by atoms with Crippen LogP contribution < -0.4 is 14.4 Å². The molecule has 2 aromatic carbocycles. The third kappa shape index (κ3) is 5.12. The summed E-state index contributed by atoms with van der Waals surface area (Å²) in [7, 11) is 3.17. The van der Waals surface area contributed by atoms with Crippen LogP contribution in [0.2, 0.25) is 5.02 Å². The number of carbonyl (C=O) groups is 1. The number of fused-ring (bicyclic) bond motifs is 1. The van der Waals surface area contributed by atoms with Crippen molar-refractivity contribution in [1.29, 1.82) is 0 Å². The average molecular weight is 485 g/mol. The van der Waals surface area contributed by atoms with Gasteiger partial charge in [0, 0.05) is 30.5 Å². The third-order valence-corrected chi connectivity index (χ3v) is 6.88. The lowest BCUT2D eigenvalue weighted by molar-refractivity contribution is -0.118. The van der Waals surface area contributed by atoms with Gasteiger partial charge in [0.1, 0.15) is 0 Å². The zero-order valence-corrected chi connectivity index (χ0v) is 20.3. The van der Waals surface area contributed by atoms with Gasteiger partial charge < -0.3 is 14.0 Å². The Balaban J connectivity index is 1.60. The van der Waals surface area contributed by atoms with Gasteiger partial charge in [0.2, 0.25) is 5.91 Å². The van der Waals surface area contributed by atoms with E-state index < -0.39 is 0 Å². The summed E-state index contributed by atoms with van der Waals surface area (Å²) in [5, 5.41) is 1.34. The maximum absolute atomic E-state index is 13.5. The van der Waals surface area contributed by atoms with Gasteiger partial charge in [-0.25, -0.2) is 9.97 Å². The zero-order valence-electron chi connectivity index (χ0n) is 18.7. The molecule has 0 spiro atoms. The van der Waals surface area contributed by atoms with Crippen molar-refractivity contribution in [2.45, 2.75) is 26.3 Å². The lowest BCUT2D eigenvalue weighted by Gasteiger charge is -2.20. The van der Waals surface area contributed by atoms with Crippen LogP contribution >= 0.6 is 22.9 Å². The first-order chi connectivity index (χ1) is 16.0. The Bertz CT molecular complexity index is 1260. The van der Waals surface area contributed by atoms with Crippen molar-refractivity contribution < 1.29 is 14.3 Å². The lowest BCUT2D eigenvalue weighted by atomic mass is 10.1. The molecule has 2 aromatic heterocycles. The number of aryl methyl sites for hydroxylation is 2. The van der Waals surface area contributed by atoms with Crippen LogP contribution in [0.5, 0.6) is 11.5 Å². The number of methoxy groups -OCH3 is 2. The van der Waals surface area contributed by atoms with E-state index in [2.05, 4.69) is 4.98 Å². The highest BCUT2D eigenvalue weighted by Crippen LogP contribution is 2.34. The van der Waals surface area contributed by atoms with E-state index in [0.717, 1.165) is 34.3 Å². The molecular formula is C24H25ClN4O3S. The molecule has 1 amide bonds. The SMILES string of the molecule is COc1ccc(CC(=O)N(CCCn2ccnc2)c2nc3c(C)c(Cl)ccc3s2)cc1OC. The number of ether oxygens (including phenoxy) is 2. The molecule has 0 saturated carbocycles. The third-order valence-electron chi connectivity index (χ3n) is 5.43. The fourth-order valence-corrected chi connectivity index (χ4v) is 4.84. The summed E-state index contributed by atoms with van der Waals surface area (Å²) < 4.78 is 13.7. The van der Waals surface area contributed by atoms with Crippen molar-refractivity contribution in [2.24, 2.45) is 0 Å². The number of amides is 1. The summed E-state index contributed by atoms with van der Waals surface area (Å²) in [5.74, 6) is 1.19. The zero-order chi connectivity index (χ0) is 23.4. The van der Waals surface area contributed by atoms with Gasteiger partial charge in [-0.1, -0.05) is 29.0 Å². The number of carbonyl (C=O) groups excluding carboxylic acids is 1. The fraction of sp³-hybridized carbons (Fsp3) is 0.292. The molecule has 4 rings (SSSR count). The topological polar surface area (TPSA) is 69.5 Å². The molecule has 0 unspecified atom stereocenters. The second-order valence-corrected chi connectivity index (χ2v) is 9.00. The standard InChI is InChI=1S/C24H25ClN4O3S/c1-16-18(25)6-8-21-23(16)27-24(33-21)29(11-4-10-28-12-9-26-15-28)22(30)14-17-5-7-19(31-2)20(13-17)32-3/h5-9,12-13,15H,4,10-11,14H2,1-3H3. The smallest absolute Gasteiger partial charge is 0.233 e. The van der Waals surface area contributed by atoms with E-state index in [9.17, 15) is 4.79 Å². The molecule has 33 heavy (non-hydrogen) atoms. The van der Waals surface area contributed by atoms with Gasteiger partial charge in [-0.3, -0.25) is 9.69 Å². The first kappa shape index (κ1) is 23.1. The predicted octanol–water partition coefficient (Wildman–Crippen LogP) is 5.14. The summed E-state index contributed by atoms with van der Waals surface area (Å²) in [4.78, 5) is 24.1. The van der Waals surface area contributed by atoms with Crippen molar-refractivity contribution in [3.63, 3.8) is 0 Å². The number of rotatable bonds is 9. The van der Waals surface area contributed by atoms with E-state index in [1.165, 1.54) is 11.3 Å². The fourth-order valence-electron chi connectivity index (χ4n) is 3.62.